The highest BCUT2D eigenvalue weighted by atomic mass is 16.3. The largest absolute Gasteiger partial charge is 0.388 e. The number of aliphatic hydroxyl groups is 1. The van der Waals surface area contributed by atoms with Crippen molar-refractivity contribution in [1.29, 1.82) is 0 Å². The van der Waals surface area contributed by atoms with Crippen molar-refractivity contribution in [3.63, 3.8) is 0 Å². The minimum atomic E-state index is -0.471. The van der Waals surface area contributed by atoms with Gasteiger partial charge in [-0.15, -0.1) is 0 Å². The van der Waals surface area contributed by atoms with Crippen LogP contribution in [0.25, 0.3) is 0 Å². The first kappa shape index (κ1) is 10.9. The van der Waals surface area contributed by atoms with E-state index in [1.807, 2.05) is 0 Å². The van der Waals surface area contributed by atoms with E-state index in [9.17, 15) is 5.11 Å². The summed E-state index contributed by atoms with van der Waals surface area (Å²) in [6.07, 6.45) is 9.04. The topological polar surface area (TPSA) is 44.6 Å². The zero-order chi connectivity index (χ0) is 10.6. The quantitative estimate of drug-likeness (QED) is 0.683. The SMILES string of the molecule is OC1(CNC2=NCCC2)CCCCCC1. The van der Waals surface area contributed by atoms with Crippen LogP contribution in [0.15, 0.2) is 4.99 Å². The van der Waals surface area contributed by atoms with Crippen LogP contribution in [0.4, 0.5) is 0 Å². The lowest BCUT2D eigenvalue weighted by atomic mass is 9.94. The number of hydrogen-bond donors (Lipinski definition) is 2. The Bertz CT molecular complexity index is 230. The zero-order valence-corrected chi connectivity index (χ0v) is 9.47. The molecule has 1 heterocycles. The Hall–Kier alpha value is -0.570. The van der Waals surface area contributed by atoms with Crippen molar-refractivity contribution < 1.29 is 5.11 Å². The van der Waals surface area contributed by atoms with Crippen LogP contribution in [0, 0.1) is 0 Å². The first-order valence-electron chi connectivity index (χ1n) is 6.28. The molecule has 1 fully saturated rings. The molecule has 0 aromatic carbocycles. The Balaban J connectivity index is 1.80. The molecule has 15 heavy (non-hydrogen) atoms. The standard InChI is InChI=1S/C12H22N2O/c15-12(7-3-1-2-4-8-12)10-14-11-6-5-9-13-11/h15H,1-10H2,(H,13,14). The van der Waals surface area contributed by atoms with Crippen LogP contribution in [0.3, 0.4) is 0 Å². The maximum absolute atomic E-state index is 10.4. The fourth-order valence-corrected chi connectivity index (χ4v) is 2.51. The van der Waals surface area contributed by atoms with Gasteiger partial charge in [-0.3, -0.25) is 4.99 Å². The first-order valence-corrected chi connectivity index (χ1v) is 6.28. The third-order valence-electron chi connectivity index (χ3n) is 3.53. The van der Waals surface area contributed by atoms with Gasteiger partial charge in [0.1, 0.15) is 0 Å². The molecule has 1 aliphatic heterocycles. The van der Waals surface area contributed by atoms with E-state index >= 15 is 0 Å². The minimum Gasteiger partial charge on any atom is -0.388 e. The molecule has 0 radical (unpaired) electrons. The highest BCUT2D eigenvalue weighted by Crippen LogP contribution is 2.26. The molecule has 1 aliphatic carbocycles. The average Bonchev–Trinajstić information content (AvgIpc) is 2.65. The summed E-state index contributed by atoms with van der Waals surface area (Å²) in [7, 11) is 0. The van der Waals surface area contributed by atoms with Crippen molar-refractivity contribution in [3.8, 4) is 0 Å². The predicted octanol–water partition coefficient (Wildman–Crippen LogP) is 1.85. The Morgan fingerprint density at radius 2 is 1.87 bits per heavy atom. The van der Waals surface area contributed by atoms with Crippen LogP contribution in [-0.2, 0) is 0 Å². The highest BCUT2D eigenvalue weighted by molar-refractivity contribution is 5.83. The first-order chi connectivity index (χ1) is 7.29. The number of nitrogens with zero attached hydrogens (tertiary/aromatic N) is 1. The molecular formula is C12H22N2O. The molecule has 0 bridgehead atoms. The Kier molecular flexibility index (Phi) is 3.62. The second kappa shape index (κ2) is 4.97. The molecule has 3 heteroatoms. The van der Waals surface area contributed by atoms with Crippen molar-refractivity contribution in [1.82, 2.24) is 5.32 Å². The molecule has 2 rings (SSSR count). The van der Waals surface area contributed by atoms with Gasteiger partial charge < -0.3 is 10.4 Å². The van der Waals surface area contributed by atoms with Crippen molar-refractivity contribution in [3.05, 3.63) is 0 Å². The molecule has 3 nitrogen and oxygen atoms in total. The van der Waals surface area contributed by atoms with E-state index in [-0.39, 0.29) is 0 Å². The van der Waals surface area contributed by atoms with Crippen LogP contribution in [0.5, 0.6) is 0 Å². The Morgan fingerprint density at radius 1 is 1.13 bits per heavy atom. The molecule has 1 saturated carbocycles. The van der Waals surface area contributed by atoms with Crippen molar-refractivity contribution in [2.24, 2.45) is 4.99 Å². The third kappa shape index (κ3) is 3.20. The normalized spacial score (nSPS) is 25.8. The fraction of sp³-hybridized carbons (Fsp3) is 0.917. The summed E-state index contributed by atoms with van der Waals surface area (Å²) in [5.41, 5.74) is -0.471. The molecule has 0 aromatic heterocycles. The lowest BCUT2D eigenvalue weighted by Gasteiger charge is -2.27. The molecule has 86 valence electrons. The molecule has 0 saturated heterocycles. The van der Waals surface area contributed by atoms with Gasteiger partial charge in [-0.2, -0.15) is 0 Å². The molecule has 0 atom stereocenters. The van der Waals surface area contributed by atoms with Gasteiger partial charge in [0, 0.05) is 19.5 Å². The van der Waals surface area contributed by atoms with Crippen LogP contribution < -0.4 is 5.32 Å². The maximum atomic E-state index is 10.4. The van der Waals surface area contributed by atoms with E-state index < -0.39 is 5.60 Å². The summed E-state index contributed by atoms with van der Waals surface area (Å²) >= 11 is 0. The number of nitrogens with one attached hydrogen (secondary N) is 1. The highest BCUT2D eigenvalue weighted by Gasteiger charge is 2.28. The van der Waals surface area contributed by atoms with Gasteiger partial charge >= 0.3 is 0 Å². The zero-order valence-electron chi connectivity index (χ0n) is 9.47. The van der Waals surface area contributed by atoms with Gasteiger partial charge in [0.05, 0.1) is 11.4 Å². The smallest absolute Gasteiger partial charge is 0.0964 e. The summed E-state index contributed by atoms with van der Waals surface area (Å²) < 4.78 is 0. The average molecular weight is 210 g/mol. The van der Waals surface area contributed by atoms with E-state index in [0.29, 0.717) is 6.54 Å². The van der Waals surface area contributed by atoms with Crippen molar-refractivity contribution >= 4 is 5.84 Å². The van der Waals surface area contributed by atoms with Gasteiger partial charge in [-0.25, -0.2) is 0 Å². The Morgan fingerprint density at radius 3 is 2.47 bits per heavy atom. The summed E-state index contributed by atoms with van der Waals surface area (Å²) in [5, 5.41) is 13.7. The summed E-state index contributed by atoms with van der Waals surface area (Å²) in [5.74, 6) is 1.10. The second-order valence-electron chi connectivity index (χ2n) is 4.92. The maximum Gasteiger partial charge on any atom is 0.0964 e. The van der Waals surface area contributed by atoms with Gasteiger partial charge in [-0.05, 0) is 19.3 Å². The predicted molar refractivity (Wildman–Crippen MR) is 62.2 cm³/mol. The summed E-state index contributed by atoms with van der Waals surface area (Å²) in [4.78, 5) is 4.37. The van der Waals surface area contributed by atoms with Crippen LogP contribution in [0.1, 0.15) is 51.4 Å². The summed E-state index contributed by atoms with van der Waals surface area (Å²) in [6, 6.07) is 0. The van der Waals surface area contributed by atoms with E-state index in [1.165, 1.54) is 32.1 Å². The van der Waals surface area contributed by atoms with E-state index in [1.54, 1.807) is 0 Å². The molecule has 0 amide bonds. The van der Waals surface area contributed by atoms with E-state index in [4.69, 9.17) is 0 Å². The molecule has 0 aromatic rings. The second-order valence-corrected chi connectivity index (χ2v) is 4.92. The van der Waals surface area contributed by atoms with Gasteiger partial charge in [0.15, 0.2) is 0 Å². The molecule has 0 spiro atoms. The Labute approximate surface area is 92.0 Å². The molecular weight excluding hydrogens is 188 g/mol. The number of aliphatic imine (C=N–C) groups is 1. The molecule has 2 N–H and O–H groups in total. The third-order valence-corrected chi connectivity index (χ3v) is 3.53. The van der Waals surface area contributed by atoms with Crippen LogP contribution in [0.2, 0.25) is 0 Å². The van der Waals surface area contributed by atoms with Gasteiger partial charge in [0.25, 0.3) is 0 Å². The molecule has 0 unspecified atom stereocenters. The summed E-state index contributed by atoms with van der Waals surface area (Å²) in [6.45, 7) is 1.66. The number of hydrogen-bond acceptors (Lipinski definition) is 3. The van der Waals surface area contributed by atoms with E-state index in [0.717, 1.165) is 31.6 Å². The van der Waals surface area contributed by atoms with Gasteiger partial charge in [-0.1, -0.05) is 25.7 Å². The van der Waals surface area contributed by atoms with Gasteiger partial charge in [0.2, 0.25) is 0 Å². The molecule has 2 aliphatic rings. The number of rotatable bonds is 2. The number of amidine groups is 1. The van der Waals surface area contributed by atoms with Crippen LogP contribution in [-0.4, -0.2) is 29.6 Å². The minimum absolute atomic E-state index is 0.471. The fourth-order valence-electron chi connectivity index (χ4n) is 2.51. The van der Waals surface area contributed by atoms with E-state index in [2.05, 4.69) is 10.3 Å². The van der Waals surface area contributed by atoms with Crippen molar-refractivity contribution in [2.45, 2.75) is 57.0 Å². The lowest BCUT2D eigenvalue weighted by Crippen LogP contribution is -2.42. The monoisotopic (exact) mass is 210 g/mol. The van der Waals surface area contributed by atoms with Crippen LogP contribution >= 0.6 is 0 Å². The van der Waals surface area contributed by atoms with Crippen molar-refractivity contribution in [2.75, 3.05) is 13.1 Å². The lowest BCUT2D eigenvalue weighted by molar-refractivity contribution is 0.0295.